The molecule has 1 fully saturated rings. The molecule has 40 heavy (non-hydrogen) atoms. The minimum atomic E-state index is -0.233. The summed E-state index contributed by atoms with van der Waals surface area (Å²) in [5, 5.41) is 0. The molecule has 1 aliphatic rings. The third kappa shape index (κ3) is 6.80. The lowest BCUT2D eigenvalue weighted by Crippen LogP contribution is -2.49. The maximum absolute atomic E-state index is 14.2. The van der Waals surface area contributed by atoms with Gasteiger partial charge in [0.1, 0.15) is 11.6 Å². The monoisotopic (exact) mass is 539 g/mol. The van der Waals surface area contributed by atoms with Crippen LogP contribution in [0.4, 0.5) is 10.1 Å². The first-order chi connectivity index (χ1) is 19.3. The Kier molecular flexibility index (Phi) is 8.36. The van der Waals surface area contributed by atoms with Crippen LogP contribution < -0.4 is 4.90 Å². The summed E-state index contributed by atoms with van der Waals surface area (Å²) in [6.07, 6.45) is 0. The maximum atomic E-state index is 14.2. The number of rotatable bonds is 8. The van der Waals surface area contributed by atoms with Crippen molar-refractivity contribution in [2.75, 3.05) is 31.1 Å². The fourth-order valence-corrected chi connectivity index (χ4v) is 5.19. The Morgan fingerprint density at radius 2 is 1.40 bits per heavy atom. The van der Waals surface area contributed by atoms with Crippen molar-refractivity contribution in [1.82, 2.24) is 9.80 Å². The van der Waals surface area contributed by atoms with E-state index in [-0.39, 0.29) is 17.1 Å². The molecule has 1 aromatic heterocycles. The van der Waals surface area contributed by atoms with Gasteiger partial charge in [0.15, 0.2) is 5.76 Å². The highest BCUT2D eigenvalue weighted by Gasteiger charge is 2.26. The summed E-state index contributed by atoms with van der Waals surface area (Å²) in [5.41, 5.74) is 4.48. The number of nitrogens with zero attached hydrogens (tertiary/aromatic N) is 3. The lowest BCUT2D eigenvalue weighted by Gasteiger charge is -2.35. The lowest BCUT2D eigenvalue weighted by atomic mass is 9.87. The number of furan rings is 1. The lowest BCUT2D eigenvalue weighted by molar-refractivity contribution is 0.0710. The predicted octanol–water partition coefficient (Wildman–Crippen LogP) is 6.88. The van der Waals surface area contributed by atoms with Gasteiger partial charge in [-0.3, -0.25) is 9.69 Å². The Morgan fingerprint density at radius 1 is 0.775 bits per heavy atom. The number of carbonyl (C=O) groups excluding carboxylic acids is 1. The zero-order chi connectivity index (χ0) is 28.1. The van der Waals surface area contributed by atoms with Crippen molar-refractivity contribution in [3.05, 3.63) is 125 Å². The first-order valence-corrected chi connectivity index (χ1v) is 14.0. The van der Waals surface area contributed by atoms with E-state index in [1.54, 1.807) is 23.1 Å². The molecule has 5 rings (SSSR count). The van der Waals surface area contributed by atoms with Gasteiger partial charge in [-0.2, -0.15) is 0 Å². The molecule has 6 heteroatoms. The molecule has 208 valence electrons. The van der Waals surface area contributed by atoms with Gasteiger partial charge >= 0.3 is 0 Å². The van der Waals surface area contributed by atoms with Crippen molar-refractivity contribution < 1.29 is 13.6 Å². The summed E-state index contributed by atoms with van der Waals surface area (Å²) in [7, 11) is 0. The number of piperazine rings is 1. The van der Waals surface area contributed by atoms with Gasteiger partial charge in [0.25, 0.3) is 5.91 Å². The Bertz CT molecular complexity index is 1400. The molecule has 2 heterocycles. The zero-order valence-corrected chi connectivity index (χ0v) is 23.6. The highest BCUT2D eigenvalue weighted by molar-refractivity contribution is 5.91. The molecule has 0 bridgehead atoms. The molecule has 1 amide bonds. The molecule has 0 N–H and O–H groups in total. The topological polar surface area (TPSA) is 39.9 Å². The van der Waals surface area contributed by atoms with Gasteiger partial charge in [-0.1, -0.05) is 87.5 Å². The minimum absolute atomic E-state index is 0.115. The van der Waals surface area contributed by atoms with Crippen molar-refractivity contribution in [2.45, 2.75) is 45.8 Å². The number of amides is 1. The molecular formula is C34H38FN3O2. The van der Waals surface area contributed by atoms with Gasteiger partial charge in [-0.05, 0) is 46.4 Å². The molecule has 1 aliphatic heterocycles. The summed E-state index contributed by atoms with van der Waals surface area (Å²) in [6.45, 7) is 11.0. The molecule has 0 aliphatic carbocycles. The molecule has 1 saturated heterocycles. The predicted molar refractivity (Wildman–Crippen MR) is 158 cm³/mol. The van der Waals surface area contributed by atoms with Crippen LogP contribution in [0.3, 0.4) is 0 Å². The SMILES string of the molecule is CC(C)(C)c1ccc(CN(Cc2ccccc2)Cc2ccc(C(=O)N3CCN(c4ccccc4F)CC3)o2)cc1. The van der Waals surface area contributed by atoms with E-state index in [0.29, 0.717) is 44.2 Å². The van der Waals surface area contributed by atoms with Crippen LogP contribution in [0.25, 0.3) is 0 Å². The number of anilines is 1. The van der Waals surface area contributed by atoms with Crippen molar-refractivity contribution in [3.63, 3.8) is 0 Å². The summed E-state index contributed by atoms with van der Waals surface area (Å²) >= 11 is 0. The van der Waals surface area contributed by atoms with Crippen molar-refractivity contribution in [3.8, 4) is 0 Å². The van der Waals surface area contributed by atoms with Gasteiger partial charge in [-0.15, -0.1) is 0 Å². The summed E-state index contributed by atoms with van der Waals surface area (Å²) < 4.78 is 20.3. The van der Waals surface area contributed by atoms with Crippen LogP contribution in [0.2, 0.25) is 0 Å². The van der Waals surface area contributed by atoms with Gasteiger partial charge in [0.2, 0.25) is 0 Å². The largest absolute Gasteiger partial charge is 0.455 e. The van der Waals surface area contributed by atoms with E-state index in [1.165, 1.54) is 22.8 Å². The van der Waals surface area contributed by atoms with Crippen molar-refractivity contribution in [1.29, 1.82) is 0 Å². The second kappa shape index (κ2) is 12.1. The van der Waals surface area contributed by atoms with Crippen LogP contribution in [0.15, 0.2) is 95.4 Å². The average Bonchev–Trinajstić information content (AvgIpc) is 3.42. The van der Waals surface area contributed by atoms with Crippen LogP contribution in [-0.4, -0.2) is 41.9 Å². The molecule has 0 atom stereocenters. The van der Waals surface area contributed by atoms with Crippen LogP contribution in [0, 0.1) is 5.82 Å². The molecular weight excluding hydrogens is 501 g/mol. The van der Waals surface area contributed by atoms with Gasteiger partial charge in [0.05, 0.1) is 12.2 Å². The van der Waals surface area contributed by atoms with E-state index in [1.807, 2.05) is 23.1 Å². The third-order valence-corrected chi connectivity index (χ3v) is 7.49. The van der Waals surface area contributed by atoms with E-state index >= 15 is 0 Å². The number of para-hydroxylation sites is 1. The van der Waals surface area contributed by atoms with Crippen LogP contribution >= 0.6 is 0 Å². The van der Waals surface area contributed by atoms with Gasteiger partial charge in [-0.25, -0.2) is 4.39 Å². The quantitative estimate of drug-likeness (QED) is 0.245. The summed E-state index contributed by atoms with van der Waals surface area (Å²) in [4.78, 5) is 19.3. The number of hydrogen-bond donors (Lipinski definition) is 0. The molecule has 5 nitrogen and oxygen atoms in total. The van der Waals surface area contributed by atoms with E-state index in [0.717, 1.165) is 18.8 Å². The first-order valence-electron chi connectivity index (χ1n) is 14.0. The standard InChI is InChI=1S/C34H38FN3O2/c1-34(2,3)28-15-13-27(14-16-28)24-36(23-26-9-5-4-6-10-26)25-29-17-18-32(40-29)33(39)38-21-19-37(20-22-38)31-12-8-7-11-30(31)35/h4-18H,19-25H2,1-3H3. The highest BCUT2D eigenvalue weighted by Crippen LogP contribution is 2.24. The zero-order valence-electron chi connectivity index (χ0n) is 23.6. The molecule has 3 aromatic carbocycles. The molecule has 4 aromatic rings. The Hall–Kier alpha value is -3.90. The van der Waals surface area contributed by atoms with Crippen molar-refractivity contribution >= 4 is 11.6 Å². The van der Waals surface area contributed by atoms with Crippen molar-refractivity contribution in [2.24, 2.45) is 0 Å². The highest BCUT2D eigenvalue weighted by atomic mass is 19.1. The van der Waals surface area contributed by atoms with E-state index < -0.39 is 0 Å². The number of halogens is 1. The van der Waals surface area contributed by atoms with E-state index in [4.69, 9.17) is 4.42 Å². The Labute approximate surface area is 236 Å². The van der Waals surface area contributed by atoms with Crippen LogP contribution in [-0.2, 0) is 25.0 Å². The number of benzene rings is 3. The fraction of sp³-hybridized carbons (Fsp3) is 0.324. The number of hydrogen-bond acceptors (Lipinski definition) is 4. The molecule has 0 unspecified atom stereocenters. The van der Waals surface area contributed by atoms with E-state index in [2.05, 4.69) is 74.2 Å². The minimum Gasteiger partial charge on any atom is -0.455 e. The second-order valence-corrected chi connectivity index (χ2v) is 11.6. The first kappa shape index (κ1) is 27.7. The molecule has 0 saturated carbocycles. The Morgan fingerprint density at radius 3 is 2.05 bits per heavy atom. The summed E-state index contributed by atoms with van der Waals surface area (Å²) in [6, 6.07) is 29.7. The van der Waals surface area contributed by atoms with Crippen LogP contribution in [0.1, 0.15) is 53.8 Å². The Balaban J connectivity index is 1.24. The molecule has 0 radical (unpaired) electrons. The van der Waals surface area contributed by atoms with Gasteiger partial charge < -0.3 is 14.2 Å². The smallest absolute Gasteiger partial charge is 0.289 e. The van der Waals surface area contributed by atoms with E-state index in [9.17, 15) is 9.18 Å². The number of carbonyl (C=O) groups is 1. The fourth-order valence-electron chi connectivity index (χ4n) is 5.19. The third-order valence-electron chi connectivity index (χ3n) is 7.49. The second-order valence-electron chi connectivity index (χ2n) is 11.6. The average molecular weight is 540 g/mol. The normalized spacial score (nSPS) is 14.1. The maximum Gasteiger partial charge on any atom is 0.289 e. The summed E-state index contributed by atoms with van der Waals surface area (Å²) in [5.74, 6) is 0.758. The molecule has 0 spiro atoms. The van der Waals surface area contributed by atoms with Crippen LogP contribution in [0.5, 0.6) is 0 Å². The van der Waals surface area contributed by atoms with Gasteiger partial charge in [0, 0.05) is 39.3 Å².